The highest BCUT2D eigenvalue weighted by Crippen LogP contribution is 2.20. The molecule has 2 aromatic heterocycles. The van der Waals surface area contributed by atoms with Gasteiger partial charge in [-0.15, -0.1) is 10.2 Å². The summed E-state index contributed by atoms with van der Waals surface area (Å²) < 4.78 is 5.02. The Morgan fingerprint density at radius 3 is 2.74 bits per heavy atom. The summed E-state index contributed by atoms with van der Waals surface area (Å²) in [6.07, 6.45) is 9.88. The van der Waals surface area contributed by atoms with Crippen LogP contribution >= 0.6 is 0 Å². The number of furan rings is 1. The number of aromatic nitrogens is 2. The average molecular weight is 312 g/mol. The molecule has 23 heavy (non-hydrogen) atoms. The van der Waals surface area contributed by atoms with Gasteiger partial charge in [-0.1, -0.05) is 11.6 Å². The summed E-state index contributed by atoms with van der Waals surface area (Å²) in [5, 5.41) is 14.0. The zero-order chi connectivity index (χ0) is 15.9. The molecule has 3 rings (SSSR count). The van der Waals surface area contributed by atoms with E-state index in [2.05, 4.69) is 26.9 Å². The quantitative estimate of drug-likeness (QED) is 0.796. The van der Waals surface area contributed by atoms with Crippen LogP contribution in [-0.4, -0.2) is 22.6 Å². The number of rotatable bonds is 6. The lowest BCUT2D eigenvalue weighted by molar-refractivity contribution is 0.0996. The first kappa shape index (κ1) is 15.3. The molecule has 0 bridgehead atoms. The Balaban J connectivity index is 1.47. The van der Waals surface area contributed by atoms with Crippen molar-refractivity contribution in [2.45, 2.75) is 32.1 Å². The summed E-state index contributed by atoms with van der Waals surface area (Å²) in [4.78, 5) is 11.8. The van der Waals surface area contributed by atoms with Crippen molar-refractivity contribution in [1.82, 2.24) is 10.2 Å². The fourth-order valence-electron chi connectivity index (χ4n) is 2.56. The third-order valence-corrected chi connectivity index (χ3v) is 3.79. The van der Waals surface area contributed by atoms with Crippen molar-refractivity contribution < 1.29 is 9.21 Å². The van der Waals surface area contributed by atoms with Crippen molar-refractivity contribution in [2.24, 2.45) is 0 Å². The minimum absolute atomic E-state index is 0.245. The fraction of sp³-hybridized carbons (Fsp3) is 0.353. The maximum Gasteiger partial charge on any atom is 0.292 e. The molecule has 0 aromatic carbocycles. The molecular formula is C17H20N4O2. The molecule has 0 fully saturated rings. The molecule has 2 N–H and O–H groups in total. The van der Waals surface area contributed by atoms with Gasteiger partial charge in [-0.3, -0.25) is 4.79 Å². The summed E-state index contributed by atoms with van der Waals surface area (Å²) in [6.45, 7) is 0.846. The fourth-order valence-corrected chi connectivity index (χ4v) is 2.56. The van der Waals surface area contributed by atoms with Crippen LogP contribution in [0.3, 0.4) is 0 Å². The van der Waals surface area contributed by atoms with Gasteiger partial charge in [0.25, 0.3) is 5.91 Å². The largest absolute Gasteiger partial charge is 0.459 e. The van der Waals surface area contributed by atoms with E-state index in [9.17, 15) is 4.79 Å². The molecule has 1 aliphatic carbocycles. The van der Waals surface area contributed by atoms with Gasteiger partial charge >= 0.3 is 0 Å². The summed E-state index contributed by atoms with van der Waals surface area (Å²) >= 11 is 0. The predicted octanol–water partition coefficient (Wildman–Crippen LogP) is 3.62. The lowest BCUT2D eigenvalue weighted by atomic mass is 9.97. The molecule has 0 aliphatic heterocycles. The van der Waals surface area contributed by atoms with E-state index in [1.807, 2.05) is 0 Å². The molecule has 1 aliphatic rings. The van der Waals surface area contributed by atoms with E-state index in [1.54, 1.807) is 24.3 Å². The van der Waals surface area contributed by atoms with Gasteiger partial charge in [0.05, 0.1) is 6.26 Å². The van der Waals surface area contributed by atoms with Gasteiger partial charge in [-0.05, 0) is 56.4 Å². The van der Waals surface area contributed by atoms with Gasteiger partial charge in [0, 0.05) is 6.54 Å². The average Bonchev–Trinajstić information content (AvgIpc) is 3.12. The van der Waals surface area contributed by atoms with Crippen LogP contribution in [0.15, 0.2) is 46.6 Å². The number of allylic oxidation sites excluding steroid dienone is 1. The Hall–Kier alpha value is -2.63. The van der Waals surface area contributed by atoms with E-state index in [4.69, 9.17) is 4.42 Å². The zero-order valence-electron chi connectivity index (χ0n) is 12.9. The van der Waals surface area contributed by atoms with Crippen LogP contribution in [0.4, 0.5) is 11.6 Å². The second-order valence-electron chi connectivity index (χ2n) is 5.52. The second kappa shape index (κ2) is 7.58. The van der Waals surface area contributed by atoms with Crippen LogP contribution in [0.25, 0.3) is 0 Å². The van der Waals surface area contributed by atoms with E-state index < -0.39 is 0 Å². The molecular weight excluding hydrogens is 292 g/mol. The van der Waals surface area contributed by atoms with Crippen molar-refractivity contribution in [3.8, 4) is 0 Å². The van der Waals surface area contributed by atoms with Crippen molar-refractivity contribution in [2.75, 3.05) is 17.2 Å². The number of carbonyl (C=O) groups is 1. The first-order valence-corrected chi connectivity index (χ1v) is 7.91. The highest BCUT2D eigenvalue weighted by atomic mass is 16.3. The summed E-state index contributed by atoms with van der Waals surface area (Å²) in [5.74, 6) is 1.01. The molecule has 6 nitrogen and oxygen atoms in total. The van der Waals surface area contributed by atoms with Gasteiger partial charge in [0.2, 0.25) is 0 Å². The Morgan fingerprint density at radius 2 is 2.04 bits per heavy atom. The zero-order valence-corrected chi connectivity index (χ0v) is 12.9. The smallest absolute Gasteiger partial charge is 0.292 e. The SMILES string of the molecule is O=C(Nc1ccc(NCCC2=CCCCC2)nn1)c1ccco1. The molecule has 0 atom stereocenters. The van der Waals surface area contributed by atoms with Gasteiger partial charge in [0.15, 0.2) is 11.6 Å². The minimum atomic E-state index is -0.339. The third kappa shape index (κ3) is 4.42. The van der Waals surface area contributed by atoms with Crippen molar-refractivity contribution in [1.29, 1.82) is 0 Å². The molecule has 2 heterocycles. The van der Waals surface area contributed by atoms with Crippen molar-refractivity contribution in [3.05, 3.63) is 47.9 Å². The van der Waals surface area contributed by atoms with Crippen LogP contribution in [0.5, 0.6) is 0 Å². The Labute approximate surface area is 135 Å². The first-order chi connectivity index (χ1) is 11.3. The highest BCUT2D eigenvalue weighted by molar-refractivity contribution is 6.01. The van der Waals surface area contributed by atoms with E-state index in [1.165, 1.54) is 37.5 Å². The van der Waals surface area contributed by atoms with Crippen LogP contribution in [0, 0.1) is 0 Å². The Kier molecular flexibility index (Phi) is 5.03. The van der Waals surface area contributed by atoms with Gasteiger partial charge in [0.1, 0.15) is 5.82 Å². The summed E-state index contributed by atoms with van der Waals surface area (Å²) in [6, 6.07) is 6.78. The summed E-state index contributed by atoms with van der Waals surface area (Å²) in [7, 11) is 0. The van der Waals surface area contributed by atoms with Crippen molar-refractivity contribution in [3.63, 3.8) is 0 Å². The molecule has 0 saturated heterocycles. The monoisotopic (exact) mass is 312 g/mol. The van der Waals surface area contributed by atoms with Gasteiger partial charge < -0.3 is 15.1 Å². The third-order valence-electron chi connectivity index (χ3n) is 3.79. The lowest BCUT2D eigenvalue weighted by Crippen LogP contribution is -2.13. The van der Waals surface area contributed by atoms with Crippen LogP contribution in [0.1, 0.15) is 42.7 Å². The molecule has 120 valence electrons. The number of carbonyl (C=O) groups excluding carboxylic acids is 1. The highest BCUT2D eigenvalue weighted by Gasteiger charge is 2.09. The lowest BCUT2D eigenvalue weighted by Gasteiger charge is -2.13. The predicted molar refractivity (Wildman–Crippen MR) is 88.4 cm³/mol. The molecule has 2 aromatic rings. The normalized spacial score (nSPS) is 14.2. The number of hydrogen-bond donors (Lipinski definition) is 2. The van der Waals surface area contributed by atoms with E-state index in [0.29, 0.717) is 11.6 Å². The maximum atomic E-state index is 11.8. The summed E-state index contributed by atoms with van der Waals surface area (Å²) in [5.41, 5.74) is 1.53. The van der Waals surface area contributed by atoms with E-state index >= 15 is 0 Å². The molecule has 6 heteroatoms. The maximum absolute atomic E-state index is 11.8. The number of hydrogen-bond acceptors (Lipinski definition) is 5. The van der Waals surface area contributed by atoms with Crippen molar-refractivity contribution >= 4 is 17.5 Å². The Morgan fingerprint density at radius 1 is 1.17 bits per heavy atom. The van der Waals surface area contributed by atoms with Crippen LogP contribution < -0.4 is 10.6 Å². The standard InChI is InChI=1S/C17H20N4O2/c22-17(14-7-4-12-23-14)19-16-9-8-15(20-21-16)18-11-10-13-5-2-1-3-6-13/h4-5,7-9,12H,1-3,6,10-11H2,(H,18,20)(H,19,21,22). The van der Waals surface area contributed by atoms with Gasteiger partial charge in [-0.2, -0.15) is 0 Å². The molecule has 0 unspecified atom stereocenters. The number of amides is 1. The Bertz CT molecular complexity index is 662. The van der Waals surface area contributed by atoms with E-state index in [0.717, 1.165) is 13.0 Å². The van der Waals surface area contributed by atoms with Crippen LogP contribution in [-0.2, 0) is 0 Å². The molecule has 1 amide bonds. The van der Waals surface area contributed by atoms with Gasteiger partial charge in [-0.25, -0.2) is 0 Å². The first-order valence-electron chi connectivity index (χ1n) is 7.91. The number of nitrogens with one attached hydrogen (secondary N) is 2. The second-order valence-corrected chi connectivity index (χ2v) is 5.52. The number of anilines is 2. The number of nitrogens with zero attached hydrogens (tertiary/aromatic N) is 2. The molecule has 0 radical (unpaired) electrons. The topological polar surface area (TPSA) is 80.0 Å². The minimum Gasteiger partial charge on any atom is -0.459 e. The molecule has 0 saturated carbocycles. The van der Waals surface area contributed by atoms with E-state index in [-0.39, 0.29) is 11.7 Å². The molecule has 0 spiro atoms. The van der Waals surface area contributed by atoms with Crippen LogP contribution in [0.2, 0.25) is 0 Å².